The highest BCUT2D eigenvalue weighted by molar-refractivity contribution is 9.10. The highest BCUT2D eigenvalue weighted by Crippen LogP contribution is 2.18. The minimum absolute atomic E-state index is 0.419. The third-order valence-corrected chi connectivity index (χ3v) is 1.72. The summed E-state index contributed by atoms with van der Waals surface area (Å²) in [6.07, 6.45) is 6.89. The molecule has 0 bridgehead atoms. The number of hydrogen-bond donors (Lipinski definition) is 1. The Hall–Kier alpha value is -0.920. The zero-order chi connectivity index (χ0) is 8.27. The lowest BCUT2D eigenvalue weighted by Crippen LogP contribution is -1.98. The maximum absolute atomic E-state index is 9.15. The van der Waals surface area contributed by atoms with Gasteiger partial charge in [-0.1, -0.05) is 5.92 Å². The van der Waals surface area contributed by atoms with Crippen molar-refractivity contribution in [2.75, 3.05) is 0 Å². The smallest absolute Gasteiger partial charge is 0.157 e. The number of halogens is 1. The molecule has 4 heteroatoms. The molecule has 1 aromatic heterocycles. The maximum Gasteiger partial charge on any atom is 0.157 e. The highest BCUT2D eigenvalue weighted by atomic mass is 79.9. The van der Waals surface area contributed by atoms with Crippen LogP contribution in [0.5, 0.6) is 0 Å². The summed E-state index contributed by atoms with van der Waals surface area (Å²) in [6, 6.07) is 0. The van der Waals surface area contributed by atoms with Gasteiger partial charge < -0.3 is 5.11 Å². The Bertz CT molecular complexity index is 295. The standard InChI is InChI=1S/C7H5BrN2O/c1-2-6(11)7-5(8)3-9-4-10-7/h1,3-4,6,11H. The van der Waals surface area contributed by atoms with Crippen molar-refractivity contribution in [2.24, 2.45) is 0 Å². The van der Waals surface area contributed by atoms with Crippen LogP contribution in [0.4, 0.5) is 0 Å². The van der Waals surface area contributed by atoms with Gasteiger partial charge in [-0.05, 0) is 15.9 Å². The summed E-state index contributed by atoms with van der Waals surface area (Å²) in [5, 5.41) is 9.15. The molecule has 0 aromatic carbocycles. The number of aliphatic hydroxyl groups is 1. The minimum Gasteiger partial charge on any atom is -0.374 e. The summed E-state index contributed by atoms with van der Waals surface area (Å²) < 4.78 is 0.616. The quantitative estimate of drug-likeness (QED) is 0.705. The third-order valence-electron chi connectivity index (χ3n) is 1.11. The van der Waals surface area contributed by atoms with Gasteiger partial charge in [0.2, 0.25) is 0 Å². The molecule has 0 aliphatic carbocycles. The Morgan fingerprint density at radius 1 is 1.73 bits per heavy atom. The zero-order valence-electron chi connectivity index (χ0n) is 5.53. The molecule has 0 fully saturated rings. The number of terminal acetylenes is 1. The van der Waals surface area contributed by atoms with Gasteiger partial charge in [0.05, 0.1) is 10.2 Å². The Morgan fingerprint density at radius 3 is 3.00 bits per heavy atom. The number of hydrogen-bond acceptors (Lipinski definition) is 3. The van der Waals surface area contributed by atoms with E-state index in [9.17, 15) is 0 Å². The molecule has 1 aromatic rings. The van der Waals surface area contributed by atoms with E-state index in [0.29, 0.717) is 10.2 Å². The van der Waals surface area contributed by atoms with Crippen molar-refractivity contribution in [3.8, 4) is 12.3 Å². The second kappa shape index (κ2) is 3.46. The van der Waals surface area contributed by atoms with Crippen molar-refractivity contribution in [1.29, 1.82) is 0 Å². The fourth-order valence-corrected chi connectivity index (χ4v) is 1.04. The number of nitrogens with zero attached hydrogens (tertiary/aromatic N) is 2. The van der Waals surface area contributed by atoms with Crippen molar-refractivity contribution < 1.29 is 5.11 Å². The molecular formula is C7H5BrN2O. The van der Waals surface area contributed by atoms with Gasteiger partial charge in [-0.15, -0.1) is 6.42 Å². The van der Waals surface area contributed by atoms with E-state index in [1.165, 1.54) is 12.5 Å². The van der Waals surface area contributed by atoms with Crippen LogP contribution in [0.1, 0.15) is 11.8 Å². The van der Waals surface area contributed by atoms with E-state index in [1.54, 1.807) is 0 Å². The van der Waals surface area contributed by atoms with Gasteiger partial charge >= 0.3 is 0 Å². The first-order valence-corrected chi connectivity index (χ1v) is 3.64. The lowest BCUT2D eigenvalue weighted by atomic mass is 10.2. The van der Waals surface area contributed by atoms with Gasteiger partial charge in [-0.25, -0.2) is 9.97 Å². The van der Waals surface area contributed by atoms with Crippen LogP contribution in [0.25, 0.3) is 0 Å². The molecule has 11 heavy (non-hydrogen) atoms. The third kappa shape index (κ3) is 1.76. The molecule has 0 spiro atoms. The van der Waals surface area contributed by atoms with E-state index >= 15 is 0 Å². The summed E-state index contributed by atoms with van der Waals surface area (Å²) in [5.41, 5.74) is 0.419. The molecule has 1 rings (SSSR count). The van der Waals surface area contributed by atoms with Gasteiger partial charge in [0.25, 0.3) is 0 Å². The first-order valence-electron chi connectivity index (χ1n) is 2.85. The lowest BCUT2D eigenvalue weighted by Gasteiger charge is -2.02. The van der Waals surface area contributed by atoms with Crippen molar-refractivity contribution >= 4 is 15.9 Å². The van der Waals surface area contributed by atoms with Gasteiger partial charge in [0.15, 0.2) is 6.10 Å². The molecule has 1 N–H and O–H groups in total. The van der Waals surface area contributed by atoms with E-state index < -0.39 is 6.10 Å². The largest absolute Gasteiger partial charge is 0.374 e. The molecule has 0 saturated carbocycles. The summed E-state index contributed by atoms with van der Waals surface area (Å²) in [7, 11) is 0. The molecule has 0 amide bonds. The van der Waals surface area contributed by atoms with Crippen LogP contribution in [0.15, 0.2) is 17.0 Å². The fourth-order valence-electron chi connectivity index (χ4n) is 0.602. The normalized spacial score (nSPS) is 12.1. The van der Waals surface area contributed by atoms with Gasteiger partial charge in [0, 0.05) is 6.20 Å². The fraction of sp³-hybridized carbons (Fsp3) is 0.143. The molecule has 3 nitrogen and oxygen atoms in total. The van der Waals surface area contributed by atoms with E-state index in [2.05, 4.69) is 31.8 Å². The topological polar surface area (TPSA) is 46.0 Å². The van der Waals surface area contributed by atoms with Crippen molar-refractivity contribution in [1.82, 2.24) is 9.97 Å². The molecule has 0 aliphatic rings. The lowest BCUT2D eigenvalue weighted by molar-refractivity contribution is 0.232. The maximum atomic E-state index is 9.15. The molecule has 56 valence electrons. The first kappa shape index (κ1) is 8.18. The highest BCUT2D eigenvalue weighted by Gasteiger charge is 2.08. The van der Waals surface area contributed by atoms with Crippen LogP contribution in [-0.2, 0) is 0 Å². The van der Waals surface area contributed by atoms with Gasteiger partial charge in [0.1, 0.15) is 6.33 Å². The van der Waals surface area contributed by atoms with Gasteiger partial charge in [-0.3, -0.25) is 0 Å². The average Bonchev–Trinajstić information content (AvgIpc) is 2.04. The number of aromatic nitrogens is 2. The summed E-state index contributed by atoms with van der Waals surface area (Å²) in [4.78, 5) is 7.52. The van der Waals surface area contributed by atoms with Crippen LogP contribution in [0.2, 0.25) is 0 Å². The summed E-state index contributed by atoms with van der Waals surface area (Å²) >= 11 is 3.16. The number of rotatable bonds is 1. The molecule has 1 heterocycles. The van der Waals surface area contributed by atoms with Crippen molar-refractivity contribution in [2.45, 2.75) is 6.10 Å². The van der Waals surface area contributed by atoms with Gasteiger partial charge in [-0.2, -0.15) is 0 Å². The molecular weight excluding hydrogens is 208 g/mol. The Balaban J connectivity index is 3.05. The Labute approximate surface area is 72.6 Å². The SMILES string of the molecule is C#CC(O)c1ncncc1Br. The van der Waals surface area contributed by atoms with Crippen LogP contribution >= 0.6 is 15.9 Å². The summed E-state index contributed by atoms with van der Waals surface area (Å²) in [5.74, 6) is 2.16. The monoisotopic (exact) mass is 212 g/mol. The molecule has 0 radical (unpaired) electrons. The molecule has 0 saturated heterocycles. The number of aliphatic hydroxyl groups excluding tert-OH is 1. The predicted molar refractivity (Wildman–Crippen MR) is 43.5 cm³/mol. The molecule has 1 unspecified atom stereocenters. The van der Waals surface area contributed by atoms with Crippen molar-refractivity contribution in [3.63, 3.8) is 0 Å². The van der Waals surface area contributed by atoms with Crippen LogP contribution < -0.4 is 0 Å². The average molecular weight is 213 g/mol. The first-order chi connectivity index (χ1) is 5.25. The van der Waals surface area contributed by atoms with E-state index in [-0.39, 0.29) is 0 Å². The second-order valence-corrected chi connectivity index (χ2v) is 2.68. The predicted octanol–water partition coefficient (Wildman–Crippen LogP) is 0.906. The van der Waals surface area contributed by atoms with Crippen LogP contribution in [0.3, 0.4) is 0 Å². The Kier molecular flexibility index (Phi) is 2.58. The van der Waals surface area contributed by atoms with E-state index in [4.69, 9.17) is 11.5 Å². The van der Waals surface area contributed by atoms with Crippen molar-refractivity contribution in [3.05, 3.63) is 22.7 Å². The molecule has 1 atom stereocenters. The van der Waals surface area contributed by atoms with E-state index in [0.717, 1.165) is 0 Å². The van der Waals surface area contributed by atoms with Crippen LogP contribution in [-0.4, -0.2) is 15.1 Å². The molecule has 0 aliphatic heterocycles. The van der Waals surface area contributed by atoms with Crippen LogP contribution in [0, 0.1) is 12.3 Å². The Morgan fingerprint density at radius 2 is 2.45 bits per heavy atom. The minimum atomic E-state index is -0.965. The second-order valence-electron chi connectivity index (χ2n) is 1.83. The zero-order valence-corrected chi connectivity index (χ0v) is 7.12. The summed E-state index contributed by atoms with van der Waals surface area (Å²) in [6.45, 7) is 0. The van der Waals surface area contributed by atoms with E-state index in [1.807, 2.05) is 0 Å².